The van der Waals surface area contributed by atoms with Gasteiger partial charge in [-0.15, -0.1) is 0 Å². The maximum Gasteiger partial charge on any atom is 0.192 e. The van der Waals surface area contributed by atoms with Crippen molar-refractivity contribution in [2.75, 3.05) is 13.6 Å². The zero-order chi connectivity index (χ0) is 10.8. The van der Waals surface area contributed by atoms with E-state index < -0.39 is 0 Å². The van der Waals surface area contributed by atoms with E-state index in [1.165, 1.54) is 0 Å². The number of oxazole rings is 1. The Kier molecular flexibility index (Phi) is 2.51. The molecule has 0 saturated heterocycles. The number of nitrogens with one attached hydrogen (secondary N) is 1. The molecule has 1 aromatic heterocycles. The first-order valence-corrected chi connectivity index (χ1v) is 4.75. The van der Waals surface area contributed by atoms with Crippen molar-refractivity contribution in [2.45, 2.75) is 6.92 Å². The number of hydrogen-bond donors (Lipinski definition) is 1. The summed E-state index contributed by atoms with van der Waals surface area (Å²) in [4.78, 5) is 15.8. The maximum absolute atomic E-state index is 11.6. The van der Waals surface area contributed by atoms with E-state index in [2.05, 4.69) is 10.3 Å². The van der Waals surface area contributed by atoms with Crippen molar-refractivity contribution in [3.8, 4) is 0 Å². The predicted molar refractivity (Wildman–Crippen MR) is 57.0 cm³/mol. The van der Waals surface area contributed by atoms with Gasteiger partial charge in [0.2, 0.25) is 0 Å². The summed E-state index contributed by atoms with van der Waals surface area (Å²) in [5, 5.41) is 2.83. The van der Waals surface area contributed by atoms with Gasteiger partial charge in [0.25, 0.3) is 0 Å². The monoisotopic (exact) mass is 204 g/mol. The highest BCUT2D eigenvalue weighted by Crippen LogP contribution is 2.16. The molecule has 0 atom stereocenters. The van der Waals surface area contributed by atoms with E-state index in [0.29, 0.717) is 23.6 Å². The molecule has 0 aliphatic rings. The fourth-order valence-electron chi connectivity index (χ4n) is 1.48. The molecule has 0 radical (unpaired) electrons. The second kappa shape index (κ2) is 3.82. The minimum atomic E-state index is 0.0556. The fourth-order valence-corrected chi connectivity index (χ4v) is 1.48. The molecule has 15 heavy (non-hydrogen) atoms. The average Bonchev–Trinajstić information content (AvgIpc) is 2.57. The van der Waals surface area contributed by atoms with Crippen LogP contribution in [0.15, 0.2) is 22.6 Å². The van der Waals surface area contributed by atoms with Crippen LogP contribution in [0.3, 0.4) is 0 Å². The van der Waals surface area contributed by atoms with Gasteiger partial charge in [0.1, 0.15) is 5.52 Å². The van der Waals surface area contributed by atoms with Crippen molar-refractivity contribution in [1.29, 1.82) is 0 Å². The zero-order valence-corrected chi connectivity index (χ0v) is 8.70. The van der Waals surface area contributed by atoms with Crippen molar-refractivity contribution in [3.63, 3.8) is 0 Å². The lowest BCUT2D eigenvalue weighted by molar-refractivity contribution is 0.0993. The van der Waals surface area contributed by atoms with Crippen molar-refractivity contribution in [3.05, 3.63) is 29.7 Å². The Morgan fingerprint density at radius 2 is 2.33 bits per heavy atom. The van der Waals surface area contributed by atoms with Crippen LogP contribution in [-0.2, 0) is 0 Å². The molecule has 0 spiro atoms. The van der Waals surface area contributed by atoms with Gasteiger partial charge >= 0.3 is 0 Å². The van der Waals surface area contributed by atoms with Crippen LogP contribution in [0.5, 0.6) is 0 Å². The maximum atomic E-state index is 11.6. The molecule has 0 amide bonds. The van der Waals surface area contributed by atoms with E-state index in [-0.39, 0.29) is 5.78 Å². The molecule has 0 fully saturated rings. The number of hydrogen-bond acceptors (Lipinski definition) is 4. The van der Waals surface area contributed by atoms with Crippen LogP contribution in [0, 0.1) is 6.92 Å². The summed E-state index contributed by atoms with van der Waals surface area (Å²) in [6, 6.07) is 5.29. The molecule has 0 unspecified atom stereocenters. The highest BCUT2D eigenvalue weighted by atomic mass is 16.3. The van der Waals surface area contributed by atoms with E-state index in [1.54, 1.807) is 32.2 Å². The molecule has 2 rings (SSSR count). The average molecular weight is 204 g/mol. The molecular formula is C11H12N2O2. The van der Waals surface area contributed by atoms with Gasteiger partial charge < -0.3 is 9.73 Å². The first-order valence-electron chi connectivity index (χ1n) is 4.75. The smallest absolute Gasteiger partial charge is 0.192 e. The Morgan fingerprint density at radius 3 is 3.07 bits per heavy atom. The third-order valence-electron chi connectivity index (χ3n) is 2.15. The first-order chi connectivity index (χ1) is 7.20. The van der Waals surface area contributed by atoms with Crippen molar-refractivity contribution in [1.82, 2.24) is 10.3 Å². The fraction of sp³-hybridized carbons (Fsp3) is 0.273. The Labute approximate surface area is 87.3 Å². The lowest BCUT2D eigenvalue weighted by atomic mass is 10.1. The molecule has 4 heteroatoms. The molecular weight excluding hydrogens is 192 g/mol. The van der Waals surface area contributed by atoms with Crippen LogP contribution < -0.4 is 5.32 Å². The van der Waals surface area contributed by atoms with Crippen LogP contribution in [0.25, 0.3) is 11.1 Å². The van der Waals surface area contributed by atoms with Crippen LogP contribution in [-0.4, -0.2) is 24.4 Å². The summed E-state index contributed by atoms with van der Waals surface area (Å²) < 4.78 is 5.32. The van der Waals surface area contributed by atoms with Gasteiger partial charge in [-0.3, -0.25) is 4.79 Å². The largest absolute Gasteiger partial charge is 0.441 e. The van der Waals surface area contributed by atoms with Gasteiger partial charge in [-0.1, -0.05) is 0 Å². The molecule has 0 bridgehead atoms. The van der Waals surface area contributed by atoms with Crippen LogP contribution in [0.2, 0.25) is 0 Å². The van der Waals surface area contributed by atoms with Crippen LogP contribution in [0.1, 0.15) is 16.2 Å². The quantitative estimate of drug-likeness (QED) is 0.770. The van der Waals surface area contributed by atoms with Gasteiger partial charge in [0, 0.05) is 12.5 Å². The van der Waals surface area contributed by atoms with Crippen molar-refractivity contribution < 1.29 is 9.21 Å². The number of nitrogens with zero attached hydrogens (tertiary/aromatic N) is 1. The Hall–Kier alpha value is -1.68. The second-order valence-electron chi connectivity index (χ2n) is 3.37. The minimum absolute atomic E-state index is 0.0556. The van der Waals surface area contributed by atoms with E-state index in [1.807, 2.05) is 0 Å². The van der Waals surface area contributed by atoms with Crippen LogP contribution in [0.4, 0.5) is 0 Å². The molecule has 4 nitrogen and oxygen atoms in total. The number of fused-ring (bicyclic) bond motifs is 1. The van der Waals surface area contributed by atoms with Gasteiger partial charge in [-0.2, -0.15) is 0 Å². The highest BCUT2D eigenvalue weighted by molar-refractivity contribution is 5.99. The van der Waals surface area contributed by atoms with E-state index in [9.17, 15) is 4.79 Å². The molecule has 0 aliphatic heterocycles. The number of ketones is 1. The Balaban J connectivity index is 2.41. The van der Waals surface area contributed by atoms with Gasteiger partial charge in [0.15, 0.2) is 17.3 Å². The molecule has 1 aromatic carbocycles. The zero-order valence-electron chi connectivity index (χ0n) is 8.70. The summed E-state index contributed by atoms with van der Waals surface area (Å²) >= 11 is 0. The number of Topliss-reactive ketones (excluding diaryl/α,β-unsaturated/α-hetero) is 1. The van der Waals surface area contributed by atoms with Gasteiger partial charge in [-0.25, -0.2) is 4.98 Å². The summed E-state index contributed by atoms with van der Waals surface area (Å²) in [6.07, 6.45) is 0. The van der Waals surface area contributed by atoms with Gasteiger partial charge in [0.05, 0.1) is 6.54 Å². The number of rotatable bonds is 3. The number of carbonyl (C=O) groups excluding carboxylic acids is 1. The summed E-state index contributed by atoms with van der Waals surface area (Å²) in [5.41, 5.74) is 2.10. The topological polar surface area (TPSA) is 55.1 Å². The van der Waals surface area contributed by atoms with Gasteiger partial charge in [-0.05, 0) is 25.2 Å². The Bertz CT molecular complexity index is 502. The highest BCUT2D eigenvalue weighted by Gasteiger charge is 2.08. The lowest BCUT2D eigenvalue weighted by Crippen LogP contribution is -2.18. The van der Waals surface area contributed by atoms with Crippen LogP contribution >= 0.6 is 0 Å². The standard InChI is InChI=1S/C11H12N2O2/c1-7-13-9-5-8(10(14)6-12-2)3-4-11(9)15-7/h3-5,12H,6H2,1-2H3. The lowest BCUT2D eigenvalue weighted by Gasteiger charge is -1.98. The number of benzene rings is 1. The Morgan fingerprint density at radius 1 is 1.53 bits per heavy atom. The van der Waals surface area contributed by atoms with E-state index in [4.69, 9.17) is 4.42 Å². The minimum Gasteiger partial charge on any atom is -0.441 e. The first kappa shape index (κ1) is 9.86. The van der Waals surface area contributed by atoms with Crippen molar-refractivity contribution in [2.24, 2.45) is 0 Å². The number of likely N-dealkylation sites (N-methyl/N-ethyl adjacent to an activating group) is 1. The molecule has 0 saturated carbocycles. The molecule has 0 aliphatic carbocycles. The number of aryl methyl sites for hydroxylation is 1. The molecule has 2 aromatic rings. The van der Waals surface area contributed by atoms with E-state index >= 15 is 0 Å². The summed E-state index contributed by atoms with van der Waals surface area (Å²) in [6.45, 7) is 2.12. The summed E-state index contributed by atoms with van der Waals surface area (Å²) in [7, 11) is 1.75. The second-order valence-corrected chi connectivity index (χ2v) is 3.37. The number of carbonyl (C=O) groups is 1. The normalized spacial score (nSPS) is 10.8. The third kappa shape index (κ3) is 1.89. The summed E-state index contributed by atoms with van der Waals surface area (Å²) in [5.74, 6) is 0.670. The van der Waals surface area contributed by atoms with Crippen molar-refractivity contribution >= 4 is 16.9 Å². The van der Waals surface area contributed by atoms with E-state index in [0.717, 1.165) is 5.52 Å². The third-order valence-corrected chi connectivity index (χ3v) is 2.15. The number of aromatic nitrogens is 1. The molecule has 78 valence electrons. The predicted octanol–water partition coefficient (Wildman–Crippen LogP) is 1.54. The molecule has 1 N–H and O–H groups in total. The molecule has 1 heterocycles. The SMILES string of the molecule is CNCC(=O)c1ccc2oc(C)nc2c1.